The van der Waals surface area contributed by atoms with E-state index in [1.54, 1.807) is 6.92 Å². The Morgan fingerprint density at radius 2 is 2.05 bits per heavy atom. The first-order valence-electron chi connectivity index (χ1n) is 6.89. The Kier molecular flexibility index (Phi) is 4.54. The van der Waals surface area contributed by atoms with E-state index < -0.39 is 6.10 Å². The van der Waals surface area contributed by atoms with Crippen LogP contribution >= 0.6 is 0 Å². The molecule has 0 aliphatic carbocycles. The average molecular weight is 268 g/mol. The molecule has 1 fully saturated rings. The monoisotopic (exact) mass is 268 g/mol. The highest BCUT2D eigenvalue weighted by molar-refractivity contribution is 5.00. The first-order chi connectivity index (χ1) is 8.99. The van der Waals surface area contributed by atoms with Gasteiger partial charge in [0.2, 0.25) is 5.89 Å². The molecule has 3 atom stereocenters. The SMILES string of the molecule is CC(O)C(C)c1nc(C2CN(C)CCCN2C)no1. The van der Waals surface area contributed by atoms with Gasteiger partial charge in [0.25, 0.3) is 0 Å². The maximum atomic E-state index is 9.59. The van der Waals surface area contributed by atoms with Gasteiger partial charge in [-0.2, -0.15) is 4.98 Å². The summed E-state index contributed by atoms with van der Waals surface area (Å²) in [5.74, 6) is 1.11. The van der Waals surface area contributed by atoms with Crippen LogP contribution < -0.4 is 0 Å². The first-order valence-corrected chi connectivity index (χ1v) is 6.89. The lowest BCUT2D eigenvalue weighted by molar-refractivity contribution is 0.151. The van der Waals surface area contributed by atoms with Gasteiger partial charge < -0.3 is 14.5 Å². The van der Waals surface area contributed by atoms with Gasteiger partial charge in [-0.25, -0.2) is 0 Å². The summed E-state index contributed by atoms with van der Waals surface area (Å²) in [5, 5.41) is 13.7. The van der Waals surface area contributed by atoms with Crippen molar-refractivity contribution in [2.75, 3.05) is 33.7 Å². The minimum absolute atomic E-state index is 0.130. The van der Waals surface area contributed by atoms with E-state index in [0.717, 1.165) is 31.9 Å². The zero-order chi connectivity index (χ0) is 14.0. The van der Waals surface area contributed by atoms with Crippen LogP contribution in [-0.4, -0.2) is 64.9 Å². The lowest BCUT2D eigenvalue weighted by Crippen LogP contribution is -2.31. The largest absolute Gasteiger partial charge is 0.393 e. The fraction of sp³-hybridized carbons (Fsp3) is 0.846. The van der Waals surface area contributed by atoms with Gasteiger partial charge in [0, 0.05) is 6.54 Å². The van der Waals surface area contributed by atoms with Crippen molar-refractivity contribution < 1.29 is 9.63 Å². The van der Waals surface area contributed by atoms with Crippen LogP contribution in [0.4, 0.5) is 0 Å². The number of aromatic nitrogens is 2. The maximum Gasteiger partial charge on any atom is 0.232 e. The number of nitrogens with zero attached hydrogens (tertiary/aromatic N) is 4. The van der Waals surface area contributed by atoms with Crippen LogP contribution in [0.1, 0.15) is 43.9 Å². The number of aliphatic hydroxyl groups excluding tert-OH is 1. The summed E-state index contributed by atoms with van der Waals surface area (Å²) in [7, 11) is 4.21. The van der Waals surface area contributed by atoms with Gasteiger partial charge in [-0.1, -0.05) is 12.1 Å². The van der Waals surface area contributed by atoms with Crippen molar-refractivity contribution in [3.8, 4) is 0 Å². The number of rotatable bonds is 3. The number of aliphatic hydroxyl groups is 1. The average Bonchev–Trinajstić information content (AvgIpc) is 2.77. The number of hydrogen-bond donors (Lipinski definition) is 1. The molecule has 0 radical (unpaired) electrons. The van der Waals surface area contributed by atoms with Gasteiger partial charge in [-0.3, -0.25) is 4.90 Å². The topological polar surface area (TPSA) is 65.6 Å². The molecule has 2 heterocycles. The molecule has 19 heavy (non-hydrogen) atoms. The second-order valence-corrected chi connectivity index (χ2v) is 5.63. The van der Waals surface area contributed by atoms with Crippen LogP contribution in [0, 0.1) is 0 Å². The lowest BCUT2D eigenvalue weighted by atomic mass is 10.1. The molecule has 2 rings (SSSR count). The van der Waals surface area contributed by atoms with Gasteiger partial charge in [0.15, 0.2) is 5.82 Å². The summed E-state index contributed by atoms with van der Waals surface area (Å²) >= 11 is 0. The molecule has 1 N–H and O–H groups in total. The van der Waals surface area contributed by atoms with Gasteiger partial charge in [-0.05, 0) is 40.5 Å². The summed E-state index contributed by atoms with van der Waals surface area (Å²) in [4.78, 5) is 9.04. The van der Waals surface area contributed by atoms with E-state index in [-0.39, 0.29) is 12.0 Å². The zero-order valence-corrected chi connectivity index (χ0v) is 12.2. The smallest absolute Gasteiger partial charge is 0.232 e. The molecule has 1 aromatic heterocycles. The van der Waals surface area contributed by atoms with Crippen molar-refractivity contribution in [2.45, 2.75) is 38.3 Å². The number of hydrogen-bond acceptors (Lipinski definition) is 6. The Morgan fingerprint density at radius 3 is 2.74 bits per heavy atom. The fourth-order valence-corrected chi connectivity index (χ4v) is 2.32. The molecule has 108 valence electrons. The summed E-state index contributed by atoms with van der Waals surface area (Å²) in [5.41, 5.74) is 0. The van der Waals surface area contributed by atoms with Crippen LogP contribution in [0.3, 0.4) is 0 Å². The molecule has 6 nitrogen and oxygen atoms in total. The summed E-state index contributed by atoms with van der Waals surface area (Å²) in [6.07, 6.45) is 0.668. The quantitative estimate of drug-likeness (QED) is 0.877. The maximum absolute atomic E-state index is 9.59. The molecule has 6 heteroatoms. The van der Waals surface area contributed by atoms with E-state index in [4.69, 9.17) is 4.52 Å². The van der Waals surface area contributed by atoms with Crippen LogP contribution in [0.25, 0.3) is 0 Å². The third-order valence-corrected chi connectivity index (χ3v) is 3.94. The lowest BCUT2D eigenvalue weighted by Gasteiger charge is -2.24. The minimum atomic E-state index is -0.483. The highest BCUT2D eigenvalue weighted by atomic mass is 16.5. The molecular formula is C13H24N4O2. The summed E-state index contributed by atoms with van der Waals surface area (Å²) in [6, 6.07) is 0.159. The van der Waals surface area contributed by atoms with Crippen molar-refractivity contribution in [1.82, 2.24) is 19.9 Å². The molecule has 1 aliphatic rings. The second kappa shape index (κ2) is 5.98. The molecule has 1 aliphatic heterocycles. The van der Waals surface area contributed by atoms with Gasteiger partial charge >= 0.3 is 0 Å². The molecule has 1 saturated heterocycles. The molecule has 0 saturated carbocycles. The van der Waals surface area contributed by atoms with Gasteiger partial charge in [0.05, 0.1) is 18.1 Å². The van der Waals surface area contributed by atoms with Gasteiger partial charge in [0.1, 0.15) is 0 Å². The predicted molar refractivity (Wildman–Crippen MR) is 71.9 cm³/mol. The normalized spacial score (nSPS) is 26.1. The van der Waals surface area contributed by atoms with Crippen molar-refractivity contribution in [3.05, 3.63) is 11.7 Å². The van der Waals surface area contributed by atoms with Gasteiger partial charge in [-0.15, -0.1) is 0 Å². The molecule has 0 amide bonds. The van der Waals surface area contributed by atoms with E-state index in [9.17, 15) is 5.11 Å². The molecule has 3 unspecified atom stereocenters. The first kappa shape index (κ1) is 14.4. The van der Waals surface area contributed by atoms with Crippen molar-refractivity contribution in [1.29, 1.82) is 0 Å². The highest BCUT2D eigenvalue weighted by Gasteiger charge is 2.28. The van der Waals surface area contributed by atoms with Crippen LogP contribution in [-0.2, 0) is 0 Å². The van der Waals surface area contributed by atoms with Crippen LogP contribution in [0.15, 0.2) is 4.52 Å². The summed E-state index contributed by atoms with van der Waals surface area (Å²) < 4.78 is 5.30. The molecule has 0 aromatic carbocycles. The molecular weight excluding hydrogens is 244 g/mol. The van der Waals surface area contributed by atoms with Crippen molar-refractivity contribution in [2.24, 2.45) is 0 Å². The Balaban J connectivity index is 2.16. The highest BCUT2D eigenvalue weighted by Crippen LogP contribution is 2.23. The van der Waals surface area contributed by atoms with E-state index in [2.05, 4.69) is 34.0 Å². The second-order valence-electron chi connectivity index (χ2n) is 5.63. The number of likely N-dealkylation sites (N-methyl/N-ethyl adjacent to an activating group) is 2. The zero-order valence-electron chi connectivity index (χ0n) is 12.2. The fourth-order valence-electron chi connectivity index (χ4n) is 2.32. The Hall–Kier alpha value is -0.980. The van der Waals surface area contributed by atoms with E-state index in [0.29, 0.717) is 5.89 Å². The van der Waals surface area contributed by atoms with Crippen molar-refractivity contribution >= 4 is 0 Å². The van der Waals surface area contributed by atoms with Crippen molar-refractivity contribution in [3.63, 3.8) is 0 Å². The molecule has 0 bridgehead atoms. The van der Waals surface area contributed by atoms with Crippen LogP contribution in [0.2, 0.25) is 0 Å². The van der Waals surface area contributed by atoms with Crippen LogP contribution in [0.5, 0.6) is 0 Å². The van der Waals surface area contributed by atoms with E-state index in [1.807, 2.05) is 6.92 Å². The summed E-state index contributed by atoms with van der Waals surface area (Å²) in [6.45, 7) is 6.66. The Morgan fingerprint density at radius 1 is 1.32 bits per heavy atom. The third-order valence-electron chi connectivity index (χ3n) is 3.94. The minimum Gasteiger partial charge on any atom is -0.393 e. The molecule has 1 aromatic rings. The molecule has 0 spiro atoms. The van der Waals surface area contributed by atoms with E-state index in [1.165, 1.54) is 0 Å². The predicted octanol–water partition coefficient (Wildman–Crippen LogP) is 0.862. The Bertz CT molecular complexity index is 407. The van der Waals surface area contributed by atoms with E-state index >= 15 is 0 Å². The standard InChI is InChI=1S/C13H24N4O2/c1-9(10(2)18)13-14-12(15-19-13)11-8-16(3)6-5-7-17(11)4/h9-11,18H,5-8H2,1-4H3. The third kappa shape index (κ3) is 3.32. The Labute approximate surface area is 114 Å².